The van der Waals surface area contributed by atoms with Gasteiger partial charge in [0, 0.05) is 6.04 Å². The summed E-state index contributed by atoms with van der Waals surface area (Å²) < 4.78 is 16.1. The van der Waals surface area contributed by atoms with Crippen LogP contribution in [0.2, 0.25) is 0 Å². The quantitative estimate of drug-likeness (QED) is 0.785. The van der Waals surface area contributed by atoms with Gasteiger partial charge in [-0.15, -0.1) is 0 Å². The largest absolute Gasteiger partial charge is 0.375 e. The van der Waals surface area contributed by atoms with Crippen molar-refractivity contribution in [2.24, 2.45) is 0 Å². The minimum absolute atomic E-state index is 0.279. The first kappa shape index (κ1) is 11.8. The number of nitrogens with two attached hydrogens (primary N) is 1. The molecule has 3 aromatic rings. The number of benzene rings is 1. The summed E-state index contributed by atoms with van der Waals surface area (Å²) in [4.78, 5) is 9.71. The van der Waals surface area contributed by atoms with Gasteiger partial charge in [0.05, 0.1) is 16.1 Å². The molecule has 0 unspecified atom stereocenters. The first-order valence-corrected chi connectivity index (χ1v) is 7.36. The highest BCUT2D eigenvalue weighted by Gasteiger charge is 2.30. The van der Waals surface area contributed by atoms with Gasteiger partial charge in [-0.05, 0) is 31.9 Å². The maximum Gasteiger partial charge on any atom is 0.180 e. The predicted molar refractivity (Wildman–Crippen MR) is 78.2 cm³/mol. The Morgan fingerprint density at radius 1 is 1.35 bits per heavy atom. The third-order valence-electron chi connectivity index (χ3n) is 3.60. The summed E-state index contributed by atoms with van der Waals surface area (Å²) in [6, 6.07) is 5.52. The van der Waals surface area contributed by atoms with Crippen molar-refractivity contribution >= 4 is 27.5 Å². The van der Waals surface area contributed by atoms with Gasteiger partial charge >= 0.3 is 0 Å². The van der Waals surface area contributed by atoms with Crippen LogP contribution in [-0.2, 0) is 0 Å². The number of thiazole rings is 1. The number of anilines is 1. The monoisotopic (exact) mass is 288 g/mol. The van der Waals surface area contributed by atoms with Crippen molar-refractivity contribution in [3.63, 3.8) is 0 Å². The van der Waals surface area contributed by atoms with E-state index in [0.29, 0.717) is 16.7 Å². The second kappa shape index (κ2) is 4.02. The molecule has 1 aliphatic carbocycles. The van der Waals surface area contributed by atoms with Crippen LogP contribution in [-0.4, -0.2) is 14.5 Å². The molecule has 0 aliphatic heterocycles. The number of aromatic nitrogens is 3. The molecule has 2 heterocycles. The zero-order valence-electron chi connectivity index (χ0n) is 10.9. The lowest BCUT2D eigenvalue weighted by atomic mass is 10.3. The Balaban J connectivity index is 2.06. The number of hydrogen-bond acceptors (Lipinski definition) is 4. The molecular formula is C14H13FN4S. The normalized spacial score (nSPS) is 15.1. The van der Waals surface area contributed by atoms with Gasteiger partial charge < -0.3 is 10.3 Å². The number of rotatable bonds is 2. The van der Waals surface area contributed by atoms with Gasteiger partial charge in [0.15, 0.2) is 16.8 Å². The Morgan fingerprint density at radius 3 is 2.80 bits per heavy atom. The van der Waals surface area contributed by atoms with Gasteiger partial charge in [0.1, 0.15) is 5.52 Å². The van der Waals surface area contributed by atoms with E-state index in [1.54, 1.807) is 6.07 Å². The van der Waals surface area contributed by atoms with Gasteiger partial charge in [-0.1, -0.05) is 17.4 Å². The van der Waals surface area contributed by atoms with Crippen molar-refractivity contribution in [1.82, 2.24) is 14.5 Å². The van der Waals surface area contributed by atoms with E-state index in [1.807, 2.05) is 13.0 Å². The Hall–Kier alpha value is -1.95. The van der Waals surface area contributed by atoms with Gasteiger partial charge in [0.2, 0.25) is 0 Å². The average Bonchev–Trinajstić information content (AvgIpc) is 3.08. The fourth-order valence-electron chi connectivity index (χ4n) is 2.57. The molecule has 1 fully saturated rings. The molecule has 4 nitrogen and oxygen atoms in total. The highest BCUT2D eigenvalue weighted by molar-refractivity contribution is 7.18. The number of nitrogens with zero attached hydrogens (tertiary/aromatic N) is 3. The van der Waals surface area contributed by atoms with E-state index in [0.717, 1.165) is 34.8 Å². The maximum absolute atomic E-state index is 14.0. The molecule has 2 aromatic heterocycles. The summed E-state index contributed by atoms with van der Waals surface area (Å²) in [5.74, 6) is 0.512. The summed E-state index contributed by atoms with van der Waals surface area (Å²) in [6.07, 6.45) is 2.23. The minimum Gasteiger partial charge on any atom is -0.375 e. The standard InChI is InChI=1S/C14H13FN4S/c1-7-12(20-14(16)17-7)13-18-11-9(15)3-2-4-10(11)19(13)8-5-6-8/h2-4,8H,5-6H2,1H3,(H2,16,17). The number of para-hydroxylation sites is 1. The zero-order valence-corrected chi connectivity index (χ0v) is 11.7. The molecule has 1 aliphatic rings. The lowest BCUT2D eigenvalue weighted by molar-refractivity contribution is 0.637. The molecule has 102 valence electrons. The molecule has 0 spiro atoms. The van der Waals surface area contributed by atoms with E-state index in [-0.39, 0.29) is 5.82 Å². The van der Waals surface area contributed by atoms with E-state index in [1.165, 1.54) is 17.4 Å². The first-order valence-electron chi connectivity index (χ1n) is 6.55. The van der Waals surface area contributed by atoms with Gasteiger partial charge in [-0.25, -0.2) is 14.4 Å². The predicted octanol–water partition coefficient (Wildman–Crippen LogP) is 3.52. The molecule has 0 saturated heterocycles. The number of imidazole rings is 1. The molecule has 2 N–H and O–H groups in total. The maximum atomic E-state index is 14.0. The Labute approximate surface area is 119 Å². The minimum atomic E-state index is -0.279. The summed E-state index contributed by atoms with van der Waals surface area (Å²) in [5, 5.41) is 0.521. The lowest BCUT2D eigenvalue weighted by Gasteiger charge is -2.06. The van der Waals surface area contributed by atoms with Crippen LogP contribution < -0.4 is 5.73 Å². The molecule has 1 saturated carbocycles. The molecule has 1 aromatic carbocycles. The van der Waals surface area contributed by atoms with Crippen molar-refractivity contribution in [2.75, 3.05) is 5.73 Å². The van der Waals surface area contributed by atoms with Crippen LogP contribution in [0.4, 0.5) is 9.52 Å². The smallest absolute Gasteiger partial charge is 0.180 e. The average molecular weight is 288 g/mol. The van der Waals surface area contributed by atoms with Crippen LogP contribution in [0.5, 0.6) is 0 Å². The summed E-state index contributed by atoms with van der Waals surface area (Å²) in [7, 11) is 0. The van der Waals surface area contributed by atoms with Crippen molar-refractivity contribution in [3.8, 4) is 10.7 Å². The van der Waals surface area contributed by atoms with Crippen LogP contribution >= 0.6 is 11.3 Å². The molecule has 6 heteroatoms. The fourth-order valence-corrected chi connectivity index (χ4v) is 3.39. The Bertz CT molecular complexity index is 816. The third-order valence-corrected chi connectivity index (χ3v) is 4.58. The zero-order chi connectivity index (χ0) is 13.9. The second-order valence-corrected chi connectivity index (χ2v) is 6.14. The van der Waals surface area contributed by atoms with E-state index in [9.17, 15) is 4.39 Å². The third kappa shape index (κ3) is 1.64. The van der Waals surface area contributed by atoms with E-state index in [4.69, 9.17) is 5.73 Å². The van der Waals surface area contributed by atoms with Crippen LogP contribution in [0.15, 0.2) is 18.2 Å². The van der Waals surface area contributed by atoms with E-state index < -0.39 is 0 Å². The highest BCUT2D eigenvalue weighted by Crippen LogP contribution is 2.43. The topological polar surface area (TPSA) is 56.7 Å². The van der Waals surface area contributed by atoms with Crippen LogP contribution in [0.25, 0.3) is 21.7 Å². The number of aryl methyl sites for hydroxylation is 1. The summed E-state index contributed by atoms with van der Waals surface area (Å²) in [5.41, 5.74) is 7.92. The van der Waals surface area contributed by atoms with Crippen LogP contribution in [0.1, 0.15) is 24.6 Å². The van der Waals surface area contributed by atoms with Crippen LogP contribution in [0, 0.1) is 12.7 Å². The molecule has 0 amide bonds. The van der Waals surface area contributed by atoms with Crippen molar-refractivity contribution < 1.29 is 4.39 Å². The molecule has 20 heavy (non-hydrogen) atoms. The van der Waals surface area contributed by atoms with Gasteiger partial charge in [-0.3, -0.25) is 0 Å². The molecule has 4 rings (SSSR count). The van der Waals surface area contributed by atoms with Gasteiger partial charge in [0.25, 0.3) is 0 Å². The fraction of sp³-hybridized carbons (Fsp3) is 0.286. The van der Waals surface area contributed by atoms with Gasteiger partial charge in [-0.2, -0.15) is 0 Å². The molecular weight excluding hydrogens is 275 g/mol. The Kier molecular flexibility index (Phi) is 2.38. The number of fused-ring (bicyclic) bond motifs is 1. The number of hydrogen-bond donors (Lipinski definition) is 1. The molecule has 0 bridgehead atoms. The summed E-state index contributed by atoms with van der Waals surface area (Å²) in [6.45, 7) is 1.91. The van der Waals surface area contributed by atoms with E-state index in [2.05, 4.69) is 14.5 Å². The van der Waals surface area contributed by atoms with Crippen molar-refractivity contribution in [3.05, 3.63) is 29.7 Å². The lowest BCUT2D eigenvalue weighted by Crippen LogP contribution is -1.97. The SMILES string of the molecule is Cc1nc(N)sc1-c1nc2c(F)cccc2n1C1CC1. The first-order chi connectivity index (χ1) is 9.65. The summed E-state index contributed by atoms with van der Waals surface area (Å²) >= 11 is 1.41. The Morgan fingerprint density at radius 2 is 2.15 bits per heavy atom. The van der Waals surface area contributed by atoms with E-state index >= 15 is 0 Å². The molecule has 0 atom stereocenters. The van der Waals surface area contributed by atoms with Crippen molar-refractivity contribution in [1.29, 1.82) is 0 Å². The number of halogens is 1. The number of nitrogen functional groups attached to an aromatic ring is 1. The van der Waals surface area contributed by atoms with Crippen LogP contribution in [0.3, 0.4) is 0 Å². The van der Waals surface area contributed by atoms with Crippen molar-refractivity contribution in [2.45, 2.75) is 25.8 Å². The highest BCUT2D eigenvalue weighted by atomic mass is 32.1. The second-order valence-electron chi connectivity index (χ2n) is 5.11. The molecule has 0 radical (unpaired) electrons.